The number of hydrogen-bond donors (Lipinski definition) is 1. The van der Waals surface area contributed by atoms with Crippen LogP contribution in [0, 0.1) is 13.8 Å². The summed E-state index contributed by atoms with van der Waals surface area (Å²) in [6.45, 7) is 6.18. The zero-order chi connectivity index (χ0) is 17.8. The highest BCUT2D eigenvalue weighted by molar-refractivity contribution is 8.00. The lowest BCUT2D eigenvalue weighted by molar-refractivity contribution is -0.119. The van der Waals surface area contributed by atoms with Crippen LogP contribution in [-0.2, 0) is 4.79 Å². The third kappa shape index (κ3) is 4.17. The van der Waals surface area contributed by atoms with Gasteiger partial charge in [-0.05, 0) is 37.5 Å². The van der Waals surface area contributed by atoms with Crippen molar-refractivity contribution in [2.24, 2.45) is 0 Å². The maximum absolute atomic E-state index is 12.3. The Hall–Kier alpha value is -2.40. The Kier molecular flexibility index (Phi) is 5.34. The summed E-state index contributed by atoms with van der Waals surface area (Å²) in [4.78, 5) is 12.3. The van der Waals surface area contributed by atoms with E-state index in [1.54, 1.807) is 6.20 Å². The standard InChI is InChI=1S/C20H21N3OS/c1-13-8-9-16(10-14(13)2)15(3)22-19(24)12-25-20-18-7-5-4-6-17(18)11-21-23-20/h4-11,15H,12H2,1-3H3,(H,22,24). The summed E-state index contributed by atoms with van der Waals surface area (Å²) in [6, 6.07) is 14.2. The zero-order valence-corrected chi connectivity index (χ0v) is 15.4. The van der Waals surface area contributed by atoms with E-state index in [1.807, 2.05) is 31.2 Å². The number of carbonyl (C=O) groups is 1. The molecule has 1 aromatic heterocycles. The first kappa shape index (κ1) is 17.4. The van der Waals surface area contributed by atoms with E-state index in [4.69, 9.17) is 0 Å². The average molecular weight is 351 g/mol. The number of carbonyl (C=O) groups excluding carboxylic acids is 1. The number of aromatic nitrogens is 2. The second kappa shape index (κ2) is 7.66. The predicted molar refractivity (Wildman–Crippen MR) is 103 cm³/mol. The molecule has 2 aromatic carbocycles. The molecular formula is C20H21N3OS. The van der Waals surface area contributed by atoms with E-state index >= 15 is 0 Å². The van der Waals surface area contributed by atoms with Crippen LogP contribution in [0.3, 0.4) is 0 Å². The van der Waals surface area contributed by atoms with Crippen molar-refractivity contribution < 1.29 is 4.79 Å². The van der Waals surface area contributed by atoms with Crippen LogP contribution >= 0.6 is 11.8 Å². The van der Waals surface area contributed by atoms with Gasteiger partial charge in [-0.25, -0.2) is 0 Å². The van der Waals surface area contributed by atoms with Crippen LogP contribution in [0.2, 0.25) is 0 Å². The highest BCUT2D eigenvalue weighted by Crippen LogP contribution is 2.24. The van der Waals surface area contributed by atoms with Gasteiger partial charge in [-0.3, -0.25) is 4.79 Å². The van der Waals surface area contributed by atoms with Gasteiger partial charge in [0, 0.05) is 10.8 Å². The van der Waals surface area contributed by atoms with Crippen LogP contribution < -0.4 is 5.32 Å². The van der Waals surface area contributed by atoms with Gasteiger partial charge in [0.1, 0.15) is 5.03 Å². The minimum atomic E-state index is -0.0222. The molecule has 0 radical (unpaired) electrons. The Labute approximate surface area is 152 Å². The fourth-order valence-electron chi connectivity index (χ4n) is 2.64. The molecule has 0 saturated heterocycles. The molecule has 1 heterocycles. The van der Waals surface area contributed by atoms with Crippen LogP contribution in [0.25, 0.3) is 10.8 Å². The third-order valence-electron chi connectivity index (χ3n) is 4.29. The molecule has 25 heavy (non-hydrogen) atoms. The molecule has 5 heteroatoms. The first-order chi connectivity index (χ1) is 12.0. The lowest BCUT2D eigenvalue weighted by Gasteiger charge is -2.15. The van der Waals surface area contributed by atoms with Gasteiger partial charge < -0.3 is 5.32 Å². The van der Waals surface area contributed by atoms with Gasteiger partial charge in [0.05, 0.1) is 18.0 Å². The van der Waals surface area contributed by atoms with Gasteiger partial charge in [0.2, 0.25) is 5.91 Å². The van der Waals surface area contributed by atoms with E-state index in [2.05, 4.69) is 47.6 Å². The zero-order valence-electron chi connectivity index (χ0n) is 14.6. The van der Waals surface area contributed by atoms with Crippen LogP contribution in [0.15, 0.2) is 53.7 Å². The second-order valence-electron chi connectivity index (χ2n) is 6.16. The number of rotatable bonds is 5. The normalized spacial score (nSPS) is 12.1. The number of fused-ring (bicyclic) bond motifs is 1. The topological polar surface area (TPSA) is 54.9 Å². The number of thioether (sulfide) groups is 1. The molecule has 1 unspecified atom stereocenters. The molecule has 0 bridgehead atoms. The molecule has 0 spiro atoms. The van der Waals surface area contributed by atoms with Gasteiger partial charge in [-0.2, -0.15) is 5.10 Å². The van der Waals surface area contributed by atoms with E-state index in [-0.39, 0.29) is 11.9 Å². The summed E-state index contributed by atoms with van der Waals surface area (Å²) in [6.07, 6.45) is 1.74. The summed E-state index contributed by atoms with van der Waals surface area (Å²) in [5.41, 5.74) is 3.61. The smallest absolute Gasteiger partial charge is 0.230 e. The largest absolute Gasteiger partial charge is 0.349 e. The molecule has 128 valence electrons. The fraction of sp³-hybridized carbons (Fsp3) is 0.250. The second-order valence-corrected chi connectivity index (χ2v) is 7.12. The lowest BCUT2D eigenvalue weighted by atomic mass is 10.0. The van der Waals surface area contributed by atoms with E-state index in [9.17, 15) is 4.79 Å². The number of hydrogen-bond acceptors (Lipinski definition) is 4. The van der Waals surface area contributed by atoms with Crippen LogP contribution in [0.5, 0.6) is 0 Å². The van der Waals surface area contributed by atoms with E-state index in [0.717, 1.165) is 21.4 Å². The maximum atomic E-state index is 12.3. The molecule has 3 aromatic rings. The third-order valence-corrected chi connectivity index (χ3v) is 5.27. The molecule has 0 fully saturated rings. The molecule has 1 N–H and O–H groups in total. The number of amides is 1. The van der Waals surface area contributed by atoms with Crippen molar-refractivity contribution in [1.29, 1.82) is 0 Å². The average Bonchev–Trinajstić information content (AvgIpc) is 2.62. The minimum Gasteiger partial charge on any atom is -0.349 e. The van der Waals surface area contributed by atoms with Crippen molar-refractivity contribution in [2.45, 2.75) is 31.8 Å². The molecular weight excluding hydrogens is 330 g/mol. The Morgan fingerprint density at radius 1 is 1.16 bits per heavy atom. The van der Waals surface area contributed by atoms with Gasteiger partial charge in [-0.15, -0.1) is 5.10 Å². The van der Waals surface area contributed by atoms with Crippen molar-refractivity contribution >= 4 is 28.4 Å². The van der Waals surface area contributed by atoms with Gasteiger partial charge in [0.15, 0.2) is 0 Å². The van der Waals surface area contributed by atoms with Crippen LogP contribution in [0.1, 0.15) is 29.7 Å². The van der Waals surface area contributed by atoms with Gasteiger partial charge >= 0.3 is 0 Å². The van der Waals surface area contributed by atoms with Gasteiger partial charge in [-0.1, -0.05) is 54.2 Å². The number of nitrogens with zero attached hydrogens (tertiary/aromatic N) is 2. The van der Waals surface area contributed by atoms with E-state index in [1.165, 1.54) is 22.9 Å². The maximum Gasteiger partial charge on any atom is 0.230 e. The summed E-state index contributed by atoms with van der Waals surface area (Å²) >= 11 is 1.42. The van der Waals surface area contributed by atoms with Crippen molar-refractivity contribution in [1.82, 2.24) is 15.5 Å². The molecule has 4 nitrogen and oxygen atoms in total. The monoisotopic (exact) mass is 351 g/mol. The summed E-state index contributed by atoms with van der Waals surface area (Å²) in [5.74, 6) is 0.309. The Morgan fingerprint density at radius 2 is 1.96 bits per heavy atom. The Balaban J connectivity index is 1.63. The summed E-state index contributed by atoms with van der Waals surface area (Å²) < 4.78 is 0. The first-order valence-electron chi connectivity index (χ1n) is 8.24. The summed E-state index contributed by atoms with van der Waals surface area (Å²) in [5, 5.41) is 14.1. The summed E-state index contributed by atoms with van der Waals surface area (Å²) in [7, 11) is 0. The number of aryl methyl sites for hydroxylation is 2. The van der Waals surface area contributed by atoms with Crippen molar-refractivity contribution in [3.8, 4) is 0 Å². The minimum absolute atomic E-state index is 0.00883. The number of benzene rings is 2. The first-order valence-corrected chi connectivity index (χ1v) is 9.23. The van der Waals surface area contributed by atoms with E-state index < -0.39 is 0 Å². The lowest BCUT2D eigenvalue weighted by Crippen LogP contribution is -2.28. The van der Waals surface area contributed by atoms with E-state index in [0.29, 0.717) is 5.75 Å². The van der Waals surface area contributed by atoms with Crippen molar-refractivity contribution in [2.75, 3.05) is 5.75 Å². The quantitative estimate of drug-likeness (QED) is 0.700. The molecule has 0 aliphatic rings. The number of nitrogens with one attached hydrogen (secondary N) is 1. The van der Waals surface area contributed by atoms with Crippen LogP contribution in [-0.4, -0.2) is 21.9 Å². The van der Waals surface area contributed by atoms with Crippen LogP contribution in [0.4, 0.5) is 0 Å². The molecule has 0 aliphatic heterocycles. The SMILES string of the molecule is Cc1ccc(C(C)NC(=O)CSc2nncc3ccccc23)cc1C. The molecule has 1 atom stereocenters. The molecule has 3 rings (SSSR count). The molecule has 1 amide bonds. The predicted octanol–water partition coefficient (Wildman–Crippen LogP) is 4.22. The van der Waals surface area contributed by atoms with Crippen molar-refractivity contribution in [3.05, 3.63) is 65.4 Å². The fourth-order valence-corrected chi connectivity index (χ4v) is 3.44. The Bertz CT molecular complexity index is 905. The Morgan fingerprint density at radius 3 is 2.76 bits per heavy atom. The highest BCUT2D eigenvalue weighted by atomic mass is 32.2. The molecule has 0 aliphatic carbocycles. The van der Waals surface area contributed by atoms with Crippen molar-refractivity contribution in [3.63, 3.8) is 0 Å². The highest BCUT2D eigenvalue weighted by Gasteiger charge is 2.12. The molecule has 0 saturated carbocycles. The van der Waals surface area contributed by atoms with Gasteiger partial charge in [0.25, 0.3) is 0 Å².